The predicted molar refractivity (Wildman–Crippen MR) is 60.8 cm³/mol. The Balaban J connectivity index is 2.44. The molecule has 0 saturated carbocycles. The van der Waals surface area contributed by atoms with E-state index in [9.17, 15) is 22.4 Å². The van der Waals surface area contributed by atoms with Crippen molar-refractivity contribution in [1.29, 1.82) is 0 Å². The van der Waals surface area contributed by atoms with E-state index in [4.69, 9.17) is 0 Å². The van der Waals surface area contributed by atoms with E-state index in [1.165, 1.54) is 24.5 Å². The summed E-state index contributed by atoms with van der Waals surface area (Å²) in [5.41, 5.74) is -0.425. The summed E-state index contributed by atoms with van der Waals surface area (Å²) >= 11 is 0. The molecule has 0 unspecified atom stereocenters. The lowest BCUT2D eigenvalue weighted by atomic mass is 10.0. The lowest BCUT2D eigenvalue weighted by molar-refractivity contribution is -0.274. The molecule has 1 aromatic heterocycles. The van der Waals surface area contributed by atoms with E-state index in [0.717, 1.165) is 12.1 Å². The molecule has 1 heterocycles. The Morgan fingerprint density at radius 2 is 1.75 bits per heavy atom. The number of carbonyl (C=O) groups is 1. The van der Waals surface area contributed by atoms with Crippen molar-refractivity contribution in [1.82, 2.24) is 4.98 Å². The van der Waals surface area contributed by atoms with E-state index in [1.807, 2.05) is 0 Å². The van der Waals surface area contributed by atoms with Crippen LogP contribution < -0.4 is 4.74 Å². The molecule has 2 rings (SSSR count). The highest BCUT2D eigenvalue weighted by molar-refractivity contribution is 6.10. The van der Waals surface area contributed by atoms with Gasteiger partial charge in [-0.15, -0.1) is 13.2 Å². The summed E-state index contributed by atoms with van der Waals surface area (Å²) in [6.45, 7) is 0. The SMILES string of the molecule is O=C(c1ccncc1)c1cc(F)ccc1OC(F)(F)F. The molecule has 0 N–H and O–H groups in total. The molecule has 0 aliphatic rings. The number of nitrogens with zero attached hydrogens (tertiary/aromatic N) is 1. The van der Waals surface area contributed by atoms with Crippen molar-refractivity contribution in [3.63, 3.8) is 0 Å². The van der Waals surface area contributed by atoms with Crippen LogP contribution in [-0.4, -0.2) is 17.1 Å². The molecule has 20 heavy (non-hydrogen) atoms. The van der Waals surface area contributed by atoms with E-state index in [2.05, 4.69) is 9.72 Å². The van der Waals surface area contributed by atoms with E-state index in [0.29, 0.717) is 6.07 Å². The Morgan fingerprint density at radius 1 is 1.10 bits per heavy atom. The number of hydrogen-bond donors (Lipinski definition) is 0. The fourth-order valence-electron chi connectivity index (χ4n) is 1.55. The predicted octanol–water partition coefficient (Wildman–Crippen LogP) is 3.35. The molecule has 0 fully saturated rings. The first kappa shape index (κ1) is 14.0. The minimum absolute atomic E-state index is 0.0811. The Kier molecular flexibility index (Phi) is 3.69. The third-order valence-electron chi connectivity index (χ3n) is 2.35. The van der Waals surface area contributed by atoms with Crippen molar-refractivity contribution in [2.75, 3.05) is 0 Å². The number of benzene rings is 1. The monoisotopic (exact) mass is 285 g/mol. The summed E-state index contributed by atoms with van der Waals surface area (Å²) in [5.74, 6) is -2.37. The zero-order chi connectivity index (χ0) is 14.8. The van der Waals surface area contributed by atoms with Gasteiger partial charge in [-0.05, 0) is 30.3 Å². The summed E-state index contributed by atoms with van der Waals surface area (Å²) < 4.78 is 53.6. The summed E-state index contributed by atoms with van der Waals surface area (Å²) in [4.78, 5) is 15.7. The van der Waals surface area contributed by atoms with Crippen LogP contribution in [0.2, 0.25) is 0 Å². The van der Waals surface area contributed by atoms with Gasteiger partial charge < -0.3 is 4.74 Å². The van der Waals surface area contributed by atoms with Crippen molar-refractivity contribution in [3.05, 3.63) is 59.7 Å². The minimum Gasteiger partial charge on any atom is -0.405 e. The highest BCUT2D eigenvalue weighted by Crippen LogP contribution is 2.28. The van der Waals surface area contributed by atoms with E-state index in [-0.39, 0.29) is 5.56 Å². The number of hydrogen-bond acceptors (Lipinski definition) is 3. The number of halogens is 4. The molecule has 0 amide bonds. The highest BCUT2D eigenvalue weighted by Gasteiger charge is 2.33. The Hall–Kier alpha value is -2.44. The summed E-state index contributed by atoms with van der Waals surface area (Å²) in [5, 5.41) is 0. The first-order valence-corrected chi connectivity index (χ1v) is 5.37. The number of rotatable bonds is 3. The molecule has 3 nitrogen and oxygen atoms in total. The third-order valence-corrected chi connectivity index (χ3v) is 2.35. The maximum Gasteiger partial charge on any atom is 0.573 e. The van der Waals surface area contributed by atoms with Gasteiger partial charge in [0.05, 0.1) is 5.56 Å². The second-order valence-corrected chi connectivity index (χ2v) is 3.75. The van der Waals surface area contributed by atoms with Crippen molar-refractivity contribution < 1.29 is 27.1 Å². The molecular formula is C13H7F4NO2. The average molecular weight is 285 g/mol. The number of pyridine rings is 1. The molecule has 0 spiro atoms. The maximum atomic E-state index is 13.2. The molecule has 0 aliphatic heterocycles. The quantitative estimate of drug-likeness (QED) is 0.641. The summed E-state index contributed by atoms with van der Waals surface area (Å²) in [7, 11) is 0. The molecule has 0 atom stereocenters. The number of ketones is 1. The van der Waals surface area contributed by atoms with Crippen LogP contribution in [0.4, 0.5) is 17.6 Å². The largest absolute Gasteiger partial charge is 0.573 e. The molecule has 104 valence electrons. The minimum atomic E-state index is -4.97. The first-order valence-electron chi connectivity index (χ1n) is 5.37. The number of alkyl halides is 3. The lowest BCUT2D eigenvalue weighted by Crippen LogP contribution is -2.19. The molecule has 0 radical (unpaired) electrons. The van der Waals surface area contributed by atoms with Crippen LogP contribution in [0.3, 0.4) is 0 Å². The Morgan fingerprint density at radius 3 is 2.35 bits per heavy atom. The van der Waals surface area contributed by atoms with Crippen LogP contribution in [0.5, 0.6) is 5.75 Å². The fourth-order valence-corrected chi connectivity index (χ4v) is 1.55. The van der Waals surface area contributed by atoms with Crippen LogP contribution in [0, 0.1) is 5.82 Å². The Labute approximate surface area is 110 Å². The topological polar surface area (TPSA) is 39.2 Å². The van der Waals surface area contributed by atoms with Gasteiger partial charge in [0.15, 0.2) is 5.78 Å². The number of aromatic nitrogens is 1. The third kappa shape index (κ3) is 3.31. The molecular weight excluding hydrogens is 278 g/mol. The summed E-state index contributed by atoms with van der Waals surface area (Å²) in [6, 6.07) is 4.86. The molecule has 0 aliphatic carbocycles. The van der Waals surface area contributed by atoms with Crippen molar-refractivity contribution >= 4 is 5.78 Å². The normalized spacial score (nSPS) is 11.2. The van der Waals surface area contributed by atoms with Gasteiger partial charge in [0.1, 0.15) is 11.6 Å². The van der Waals surface area contributed by atoms with Crippen molar-refractivity contribution in [2.45, 2.75) is 6.36 Å². The van der Waals surface area contributed by atoms with Gasteiger partial charge in [-0.2, -0.15) is 0 Å². The average Bonchev–Trinajstić information content (AvgIpc) is 2.39. The smallest absolute Gasteiger partial charge is 0.405 e. The fraction of sp³-hybridized carbons (Fsp3) is 0.0769. The molecule has 2 aromatic rings. The second-order valence-electron chi connectivity index (χ2n) is 3.75. The van der Waals surface area contributed by atoms with Crippen molar-refractivity contribution in [2.24, 2.45) is 0 Å². The zero-order valence-electron chi connectivity index (χ0n) is 9.82. The van der Waals surface area contributed by atoms with Gasteiger partial charge >= 0.3 is 6.36 Å². The van der Waals surface area contributed by atoms with Gasteiger partial charge in [-0.1, -0.05) is 0 Å². The van der Waals surface area contributed by atoms with Gasteiger partial charge in [0, 0.05) is 18.0 Å². The van der Waals surface area contributed by atoms with E-state index < -0.39 is 29.3 Å². The molecule has 7 heteroatoms. The standard InChI is InChI=1S/C13H7F4NO2/c14-9-1-2-11(20-13(15,16)17)10(7-9)12(19)8-3-5-18-6-4-8/h1-7H. The maximum absolute atomic E-state index is 13.2. The van der Waals surface area contributed by atoms with Gasteiger partial charge in [-0.25, -0.2) is 4.39 Å². The molecule has 1 aromatic carbocycles. The van der Waals surface area contributed by atoms with Gasteiger partial charge in [-0.3, -0.25) is 9.78 Å². The van der Waals surface area contributed by atoms with E-state index in [1.54, 1.807) is 0 Å². The summed E-state index contributed by atoms with van der Waals surface area (Å²) in [6.07, 6.45) is -2.36. The zero-order valence-corrected chi connectivity index (χ0v) is 9.82. The molecule has 0 saturated heterocycles. The first-order chi connectivity index (χ1) is 9.37. The van der Waals surface area contributed by atoms with Crippen LogP contribution >= 0.6 is 0 Å². The van der Waals surface area contributed by atoms with Crippen LogP contribution in [0.1, 0.15) is 15.9 Å². The lowest BCUT2D eigenvalue weighted by Gasteiger charge is -2.12. The van der Waals surface area contributed by atoms with Crippen molar-refractivity contribution in [3.8, 4) is 5.75 Å². The molecule has 0 bridgehead atoms. The Bertz CT molecular complexity index is 626. The van der Waals surface area contributed by atoms with Gasteiger partial charge in [0.2, 0.25) is 0 Å². The number of carbonyl (C=O) groups excluding carboxylic acids is 1. The second kappa shape index (κ2) is 5.28. The van der Waals surface area contributed by atoms with E-state index >= 15 is 0 Å². The number of ether oxygens (including phenoxy) is 1. The van der Waals surface area contributed by atoms with Crippen LogP contribution in [-0.2, 0) is 0 Å². The van der Waals surface area contributed by atoms with Gasteiger partial charge in [0.25, 0.3) is 0 Å². The highest BCUT2D eigenvalue weighted by atomic mass is 19.4. The van der Waals surface area contributed by atoms with Crippen LogP contribution in [0.25, 0.3) is 0 Å². The van der Waals surface area contributed by atoms with Crippen LogP contribution in [0.15, 0.2) is 42.7 Å².